The lowest BCUT2D eigenvalue weighted by atomic mass is 10.2. The minimum Gasteiger partial charge on any atom is -0.292 e. The smallest absolute Gasteiger partial charge is 0.292 e. The van der Waals surface area contributed by atoms with Crippen LogP contribution in [0.25, 0.3) is 0 Å². The van der Waals surface area contributed by atoms with E-state index in [0.29, 0.717) is 12.0 Å². The molecule has 5 heteroatoms. The van der Waals surface area contributed by atoms with E-state index in [1.54, 1.807) is 24.3 Å². The molecule has 0 amide bonds. The monoisotopic (exact) mass is 282 g/mol. The van der Waals surface area contributed by atoms with E-state index in [2.05, 4.69) is 0 Å². The summed E-state index contributed by atoms with van der Waals surface area (Å²) in [6.07, 6.45) is 0.264. The number of hydrogen-bond donors (Lipinski definition) is 0. The Bertz CT molecular complexity index is 396. The summed E-state index contributed by atoms with van der Waals surface area (Å²) in [4.78, 5) is 31.7. The molecule has 0 N–H and O–H groups in total. The predicted octanol–water partition coefficient (Wildman–Crippen LogP) is 3.30. The van der Waals surface area contributed by atoms with Gasteiger partial charge in [-0.05, 0) is 39.3 Å². The first-order chi connectivity index (χ1) is 9.42. The Morgan fingerprint density at radius 3 is 2.40 bits per heavy atom. The van der Waals surface area contributed by atoms with Crippen LogP contribution in [-0.2, 0) is 19.6 Å². The molecule has 20 heavy (non-hydrogen) atoms. The molecule has 5 nitrogen and oxygen atoms in total. The summed E-state index contributed by atoms with van der Waals surface area (Å²) in [6, 6.07) is 8.66. The fourth-order valence-corrected chi connectivity index (χ4v) is 1.23. The number of hydrogen-bond acceptors (Lipinski definition) is 5. The number of carbonyl (C=O) groups excluding carboxylic acids is 1. The Hall–Kier alpha value is -1.43. The highest BCUT2D eigenvalue weighted by molar-refractivity contribution is 5.88. The SMILES string of the molecule is CCC(COOC(C)(C)C)OOC(=O)c1ccccc1. The zero-order chi connectivity index (χ0) is 15.0. The van der Waals surface area contributed by atoms with Crippen LogP contribution < -0.4 is 0 Å². The molecule has 0 radical (unpaired) electrons. The van der Waals surface area contributed by atoms with Gasteiger partial charge in [0, 0.05) is 0 Å². The first-order valence-corrected chi connectivity index (χ1v) is 6.65. The third-order valence-electron chi connectivity index (χ3n) is 2.29. The van der Waals surface area contributed by atoms with Gasteiger partial charge in [-0.3, -0.25) is 4.89 Å². The molecule has 0 heterocycles. The van der Waals surface area contributed by atoms with E-state index in [1.807, 2.05) is 33.8 Å². The molecule has 1 unspecified atom stereocenters. The van der Waals surface area contributed by atoms with Crippen molar-refractivity contribution in [2.45, 2.75) is 45.8 Å². The molecule has 0 aliphatic heterocycles. The Balaban J connectivity index is 2.32. The summed E-state index contributed by atoms with van der Waals surface area (Å²) < 4.78 is 0. The van der Waals surface area contributed by atoms with Crippen molar-refractivity contribution >= 4 is 5.97 Å². The highest BCUT2D eigenvalue weighted by Gasteiger charge is 2.16. The van der Waals surface area contributed by atoms with Gasteiger partial charge in [-0.15, -0.1) is 0 Å². The fourth-order valence-electron chi connectivity index (χ4n) is 1.23. The number of benzene rings is 1. The molecule has 1 aromatic rings. The van der Waals surface area contributed by atoms with Gasteiger partial charge in [0.05, 0.1) is 11.2 Å². The molecule has 1 aromatic carbocycles. The van der Waals surface area contributed by atoms with Crippen LogP contribution in [0.4, 0.5) is 0 Å². The zero-order valence-corrected chi connectivity index (χ0v) is 12.4. The first-order valence-electron chi connectivity index (χ1n) is 6.65. The van der Waals surface area contributed by atoms with Gasteiger partial charge in [-0.1, -0.05) is 25.1 Å². The lowest BCUT2D eigenvalue weighted by Crippen LogP contribution is -2.26. The van der Waals surface area contributed by atoms with E-state index in [0.717, 1.165) is 0 Å². The van der Waals surface area contributed by atoms with Gasteiger partial charge in [0.15, 0.2) is 0 Å². The van der Waals surface area contributed by atoms with Gasteiger partial charge in [0.25, 0.3) is 0 Å². The fraction of sp³-hybridized carbons (Fsp3) is 0.533. The van der Waals surface area contributed by atoms with Crippen LogP contribution in [-0.4, -0.2) is 24.3 Å². The molecule has 0 aliphatic carbocycles. The topological polar surface area (TPSA) is 54.0 Å². The summed E-state index contributed by atoms with van der Waals surface area (Å²) in [6.45, 7) is 7.73. The second-order valence-electron chi connectivity index (χ2n) is 5.34. The number of rotatable bonds is 7. The molecule has 0 saturated heterocycles. The van der Waals surface area contributed by atoms with Gasteiger partial charge in [-0.25, -0.2) is 14.6 Å². The van der Waals surface area contributed by atoms with Gasteiger partial charge in [0.2, 0.25) is 0 Å². The standard InChI is InChI=1S/C15H22O5/c1-5-13(11-17-20-15(2,3)4)18-19-14(16)12-9-7-6-8-10-12/h6-10,13H,5,11H2,1-4H3. The summed E-state index contributed by atoms with van der Waals surface area (Å²) in [5.74, 6) is -0.527. The van der Waals surface area contributed by atoms with Crippen LogP contribution in [0.1, 0.15) is 44.5 Å². The normalized spacial score (nSPS) is 13.0. The molecular weight excluding hydrogens is 260 g/mol. The van der Waals surface area contributed by atoms with Crippen molar-refractivity contribution in [3.8, 4) is 0 Å². The first kappa shape index (κ1) is 16.6. The molecule has 0 aromatic heterocycles. The Morgan fingerprint density at radius 1 is 1.20 bits per heavy atom. The highest BCUT2D eigenvalue weighted by atomic mass is 17.2. The molecule has 0 spiro atoms. The summed E-state index contributed by atoms with van der Waals surface area (Å²) in [5, 5.41) is 0. The zero-order valence-electron chi connectivity index (χ0n) is 12.4. The highest BCUT2D eigenvalue weighted by Crippen LogP contribution is 2.10. The maximum absolute atomic E-state index is 11.7. The van der Waals surface area contributed by atoms with Crippen molar-refractivity contribution in [2.24, 2.45) is 0 Å². The Morgan fingerprint density at radius 2 is 1.85 bits per heavy atom. The molecule has 112 valence electrons. The van der Waals surface area contributed by atoms with Gasteiger partial charge in [-0.2, -0.15) is 4.89 Å². The van der Waals surface area contributed by atoms with E-state index in [4.69, 9.17) is 19.6 Å². The molecule has 0 saturated carbocycles. The summed E-state index contributed by atoms with van der Waals surface area (Å²) in [7, 11) is 0. The van der Waals surface area contributed by atoms with Crippen molar-refractivity contribution in [1.29, 1.82) is 0 Å². The lowest BCUT2D eigenvalue weighted by Gasteiger charge is -2.20. The molecule has 0 aliphatic rings. The van der Waals surface area contributed by atoms with Gasteiger partial charge in [0.1, 0.15) is 12.7 Å². The van der Waals surface area contributed by atoms with Crippen molar-refractivity contribution in [3.63, 3.8) is 0 Å². The molecule has 1 atom stereocenters. The van der Waals surface area contributed by atoms with Crippen molar-refractivity contribution in [2.75, 3.05) is 6.61 Å². The van der Waals surface area contributed by atoms with Gasteiger partial charge >= 0.3 is 5.97 Å². The van der Waals surface area contributed by atoms with E-state index in [9.17, 15) is 4.79 Å². The van der Waals surface area contributed by atoms with Crippen LogP contribution in [0.15, 0.2) is 30.3 Å². The predicted molar refractivity (Wildman–Crippen MR) is 73.8 cm³/mol. The van der Waals surface area contributed by atoms with Crippen molar-refractivity contribution < 1.29 is 24.3 Å². The van der Waals surface area contributed by atoms with E-state index in [-0.39, 0.29) is 18.3 Å². The minimum absolute atomic E-state index is 0.190. The second-order valence-corrected chi connectivity index (χ2v) is 5.34. The molecule has 0 fully saturated rings. The maximum Gasteiger partial charge on any atom is 0.373 e. The van der Waals surface area contributed by atoms with E-state index >= 15 is 0 Å². The van der Waals surface area contributed by atoms with Crippen LogP contribution in [0, 0.1) is 0 Å². The second kappa shape index (κ2) is 7.99. The molecular formula is C15H22O5. The summed E-state index contributed by atoms with van der Waals surface area (Å²) in [5.41, 5.74) is 0.0492. The quantitative estimate of drug-likeness (QED) is 0.567. The Kier molecular flexibility index (Phi) is 6.64. The van der Waals surface area contributed by atoms with Crippen LogP contribution in [0.5, 0.6) is 0 Å². The lowest BCUT2D eigenvalue weighted by molar-refractivity contribution is -0.376. The average Bonchev–Trinajstić information content (AvgIpc) is 2.42. The van der Waals surface area contributed by atoms with Gasteiger partial charge < -0.3 is 0 Å². The third-order valence-corrected chi connectivity index (χ3v) is 2.29. The Labute approximate surface area is 119 Å². The average molecular weight is 282 g/mol. The van der Waals surface area contributed by atoms with Crippen molar-refractivity contribution in [1.82, 2.24) is 0 Å². The number of carbonyl (C=O) groups is 1. The molecule has 1 rings (SSSR count). The van der Waals surface area contributed by atoms with E-state index in [1.165, 1.54) is 0 Å². The van der Waals surface area contributed by atoms with Crippen LogP contribution in [0.3, 0.4) is 0 Å². The van der Waals surface area contributed by atoms with Crippen molar-refractivity contribution in [3.05, 3.63) is 35.9 Å². The minimum atomic E-state index is -0.527. The maximum atomic E-state index is 11.7. The summed E-state index contributed by atoms with van der Waals surface area (Å²) >= 11 is 0. The van der Waals surface area contributed by atoms with Crippen LogP contribution >= 0.6 is 0 Å². The van der Waals surface area contributed by atoms with E-state index < -0.39 is 5.97 Å². The molecule has 0 bridgehead atoms. The largest absolute Gasteiger partial charge is 0.373 e. The third kappa shape index (κ3) is 6.65. The van der Waals surface area contributed by atoms with Crippen LogP contribution in [0.2, 0.25) is 0 Å².